The summed E-state index contributed by atoms with van der Waals surface area (Å²) in [6.07, 6.45) is -4.66. The maximum atomic E-state index is 12.9. The Bertz CT molecular complexity index is 761. The SMILES string of the molecule is CC(=O)c1ccccc1Oc1ccc(C#N)c(C(F)(F)F)c1. The lowest BCUT2D eigenvalue weighted by molar-refractivity contribution is -0.137. The molecule has 0 unspecified atom stereocenters. The molecule has 3 nitrogen and oxygen atoms in total. The number of alkyl halides is 3. The Labute approximate surface area is 124 Å². The fourth-order valence-corrected chi connectivity index (χ4v) is 1.89. The van der Waals surface area contributed by atoms with Crippen molar-refractivity contribution in [1.29, 1.82) is 5.26 Å². The van der Waals surface area contributed by atoms with Gasteiger partial charge in [0.1, 0.15) is 11.5 Å². The minimum Gasteiger partial charge on any atom is -0.457 e. The van der Waals surface area contributed by atoms with Crippen LogP contribution in [0.25, 0.3) is 0 Å². The fraction of sp³-hybridized carbons (Fsp3) is 0.125. The first kappa shape index (κ1) is 15.6. The zero-order chi connectivity index (χ0) is 16.3. The van der Waals surface area contributed by atoms with E-state index in [1.54, 1.807) is 12.1 Å². The number of ether oxygens (including phenoxy) is 1. The zero-order valence-corrected chi connectivity index (χ0v) is 11.4. The predicted molar refractivity (Wildman–Crippen MR) is 72.7 cm³/mol. The van der Waals surface area contributed by atoms with Gasteiger partial charge in [-0.25, -0.2) is 0 Å². The van der Waals surface area contributed by atoms with Crippen LogP contribution in [0.1, 0.15) is 28.4 Å². The molecule has 22 heavy (non-hydrogen) atoms. The molecule has 0 aliphatic rings. The first-order valence-corrected chi connectivity index (χ1v) is 6.22. The second-order valence-corrected chi connectivity index (χ2v) is 4.47. The number of ketones is 1. The number of rotatable bonds is 3. The lowest BCUT2D eigenvalue weighted by Gasteiger charge is -2.13. The highest BCUT2D eigenvalue weighted by atomic mass is 19.4. The number of Topliss-reactive ketones (excluding diaryl/α,β-unsaturated/α-hetero) is 1. The molecule has 0 N–H and O–H groups in total. The zero-order valence-electron chi connectivity index (χ0n) is 11.4. The van der Waals surface area contributed by atoms with Gasteiger partial charge in [0.2, 0.25) is 0 Å². The number of hydrogen-bond donors (Lipinski definition) is 0. The Kier molecular flexibility index (Phi) is 4.18. The van der Waals surface area contributed by atoms with Crippen molar-refractivity contribution in [2.75, 3.05) is 0 Å². The number of halogens is 3. The number of hydrogen-bond acceptors (Lipinski definition) is 3. The predicted octanol–water partition coefficient (Wildman–Crippen LogP) is 4.57. The van der Waals surface area contributed by atoms with Crippen LogP contribution in [-0.4, -0.2) is 5.78 Å². The van der Waals surface area contributed by atoms with Crippen molar-refractivity contribution in [2.24, 2.45) is 0 Å². The van der Waals surface area contributed by atoms with Gasteiger partial charge in [-0.05, 0) is 37.3 Å². The molecule has 0 atom stereocenters. The second kappa shape index (κ2) is 5.90. The maximum Gasteiger partial charge on any atom is 0.417 e. The molecule has 2 aromatic carbocycles. The smallest absolute Gasteiger partial charge is 0.417 e. The summed E-state index contributed by atoms with van der Waals surface area (Å²) in [6, 6.07) is 10.8. The average molecular weight is 305 g/mol. The molecule has 2 aromatic rings. The third-order valence-corrected chi connectivity index (χ3v) is 2.91. The Morgan fingerprint density at radius 1 is 1.18 bits per heavy atom. The van der Waals surface area contributed by atoms with E-state index in [0.717, 1.165) is 12.1 Å². The van der Waals surface area contributed by atoms with Gasteiger partial charge in [0, 0.05) is 0 Å². The van der Waals surface area contributed by atoms with Crippen LogP contribution in [0.2, 0.25) is 0 Å². The normalized spacial score (nSPS) is 10.9. The number of para-hydroxylation sites is 1. The highest BCUT2D eigenvalue weighted by Crippen LogP contribution is 2.35. The van der Waals surface area contributed by atoms with Gasteiger partial charge >= 0.3 is 6.18 Å². The van der Waals surface area contributed by atoms with Gasteiger partial charge in [0.25, 0.3) is 0 Å². The van der Waals surface area contributed by atoms with Crippen LogP contribution in [0.3, 0.4) is 0 Å². The van der Waals surface area contributed by atoms with Crippen molar-refractivity contribution < 1.29 is 22.7 Å². The van der Waals surface area contributed by atoms with Crippen molar-refractivity contribution in [3.8, 4) is 17.6 Å². The van der Waals surface area contributed by atoms with Crippen LogP contribution >= 0.6 is 0 Å². The van der Waals surface area contributed by atoms with E-state index in [1.165, 1.54) is 31.2 Å². The van der Waals surface area contributed by atoms with E-state index in [0.29, 0.717) is 0 Å². The van der Waals surface area contributed by atoms with E-state index in [2.05, 4.69) is 0 Å². The first-order chi connectivity index (χ1) is 10.3. The summed E-state index contributed by atoms with van der Waals surface area (Å²) in [4.78, 5) is 11.5. The van der Waals surface area contributed by atoms with Gasteiger partial charge in [-0.2, -0.15) is 18.4 Å². The first-order valence-electron chi connectivity index (χ1n) is 6.22. The van der Waals surface area contributed by atoms with Gasteiger partial charge in [0.05, 0.1) is 22.8 Å². The van der Waals surface area contributed by atoms with Gasteiger partial charge in [0.15, 0.2) is 5.78 Å². The molecular formula is C16H10F3NO2. The second-order valence-electron chi connectivity index (χ2n) is 4.47. The standard InChI is InChI=1S/C16H10F3NO2/c1-10(21)13-4-2-3-5-15(13)22-12-7-6-11(9-20)14(8-12)16(17,18)19/h2-8H,1H3. The van der Waals surface area contributed by atoms with E-state index in [4.69, 9.17) is 10.00 Å². The summed E-state index contributed by atoms with van der Waals surface area (Å²) in [5.41, 5.74) is -1.30. The van der Waals surface area contributed by atoms with E-state index >= 15 is 0 Å². The van der Waals surface area contributed by atoms with Crippen molar-refractivity contribution in [3.63, 3.8) is 0 Å². The Hall–Kier alpha value is -2.81. The van der Waals surface area contributed by atoms with Gasteiger partial charge in [-0.3, -0.25) is 4.79 Å². The lowest BCUT2D eigenvalue weighted by atomic mass is 10.1. The Morgan fingerprint density at radius 3 is 2.45 bits per heavy atom. The van der Waals surface area contributed by atoms with E-state index in [1.807, 2.05) is 0 Å². The third kappa shape index (κ3) is 3.26. The van der Waals surface area contributed by atoms with Crippen LogP contribution in [0.4, 0.5) is 13.2 Å². The molecule has 0 amide bonds. The monoisotopic (exact) mass is 305 g/mol. The van der Waals surface area contributed by atoms with Crippen LogP contribution < -0.4 is 4.74 Å². The van der Waals surface area contributed by atoms with E-state index in [9.17, 15) is 18.0 Å². The molecule has 0 aliphatic heterocycles. The van der Waals surface area contributed by atoms with Crippen molar-refractivity contribution >= 4 is 5.78 Å². The number of nitrogens with zero attached hydrogens (tertiary/aromatic N) is 1. The third-order valence-electron chi connectivity index (χ3n) is 2.91. The molecule has 0 aromatic heterocycles. The molecule has 0 bridgehead atoms. The Morgan fingerprint density at radius 2 is 1.86 bits per heavy atom. The van der Waals surface area contributed by atoms with Crippen LogP contribution in [0, 0.1) is 11.3 Å². The molecule has 0 fully saturated rings. The summed E-state index contributed by atoms with van der Waals surface area (Å²) >= 11 is 0. The lowest BCUT2D eigenvalue weighted by Crippen LogP contribution is -2.08. The van der Waals surface area contributed by atoms with E-state index in [-0.39, 0.29) is 22.8 Å². The summed E-state index contributed by atoms with van der Waals surface area (Å²) < 4.78 is 44.1. The number of carbonyl (C=O) groups excluding carboxylic acids is 1. The quantitative estimate of drug-likeness (QED) is 0.780. The molecule has 0 radical (unpaired) electrons. The highest BCUT2D eigenvalue weighted by Gasteiger charge is 2.34. The molecule has 6 heteroatoms. The maximum absolute atomic E-state index is 12.9. The fourth-order valence-electron chi connectivity index (χ4n) is 1.89. The van der Waals surface area contributed by atoms with Crippen LogP contribution in [0.15, 0.2) is 42.5 Å². The summed E-state index contributed by atoms with van der Waals surface area (Å²) in [7, 11) is 0. The van der Waals surface area contributed by atoms with E-state index < -0.39 is 17.3 Å². The topological polar surface area (TPSA) is 50.1 Å². The minimum absolute atomic E-state index is 0.0972. The molecule has 2 rings (SSSR count). The molecule has 0 saturated heterocycles. The minimum atomic E-state index is -4.66. The molecule has 0 aliphatic carbocycles. The van der Waals surface area contributed by atoms with Gasteiger partial charge < -0.3 is 4.74 Å². The van der Waals surface area contributed by atoms with Gasteiger partial charge in [-0.1, -0.05) is 12.1 Å². The summed E-state index contributed by atoms with van der Waals surface area (Å²) in [6.45, 7) is 1.34. The molecule has 0 heterocycles. The van der Waals surface area contributed by atoms with Crippen molar-refractivity contribution in [3.05, 3.63) is 59.2 Å². The number of carbonyl (C=O) groups is 1. The van der Waals surface area contributed by atoms with Crippen molar-refractivity contribution in [1.82, 2.24) is 0 Å². The van der Waals surface area contributed by atoms with Gasteiger partial charge in [-0.15, -0.1) is 0 Å². The molecule has 0 saturated carbocycles. The van der Waals surface area contributed by atoms with Crippen LogP contribution in [0.5, 0.6) is 11.5 Å². The van der Waals surface area contributed by atoms with Crippen LogP contribution in [-0.2, 0) is 6.18 Å². The Balaban J connectivity index is 2.44. The average Bonchev–Trinajstić information content (AvgIpc) is 2.46. The highest BCUT2D eigenvalue weighted by molar-refractivity contribution is 5.96. The summed E-state index contributed by atoms with van der Waals surface area (Å²) in [5.74, 6) is -0.201. The van der Waals surface area contributed by atoms with Crippen molar-refractivity contribution in [2.45, 2.75) is 13.1 Å². The number of benzene rings is 2. The number of nitriles is 1. The largest absolute Gasteiger partial charge is 0.457 e. The molecular weight excluding hydrogens is 295 g/mol. The summed E-state index contributed by atoms with van der Waals surface area (Å²) in [5, 5.41) is 8.74. The molecule has 112 valence electrons. The molecule has 0 spiro atoms.